The number of carbonyl (C=O) groups excluding carboxylic acids is 1. The molecule has 0 saturated heterocycles. The average molecular weight is 378 g/mol. The average Bonchev–Trinajstić information content (AvgIpc) is 2.68. The Kier molecular flexibility index (Phi) is 4.21. The van der Waals surface area contributed by atoms with Gasteiger partial charge in [-0.05, 0) is 30.3 Å². The van der Waals surface area contributed by atoms with Gasteiger partial charge in [0, 0.05) is 16.7 Å². The van der Waals surface area contributed by atoms with Gasteiger partial charge in [-0.15, -0.1) is 4.40 Å². The van der Waals surface area contributed by atoms with Gasteiger partial charge in [0.1, 0.15) is 5.71 Å². The Labute approximate surface area is 156 Å². The van der Waals surface area contributed by atoms with Gasteiger partial charge < -0.3 is 9.50 Å². The summed E-state index contributed by atoms with van der Waals surface area (Å²) in [5.41, 5.74) is 2.20. The van der Waals surface area contributed by atoms with Crippen LogP contribution in [-0.4, -0.2) is 20.0 Å². The minimum Gasteiger partial charge on any atom is -0.365 e. The molecule has 0 atom stereocenters. The fraction of sp³-hybridized carbons (Fsp3) is 0. The summed E-state index contributed by atoms with van der Waals surface area (Å²) in [4.78, 5) is 12.5. The number of benzene rings is 3. The lowest BCUT2D eigenvalue weighted by atomic mass is 9.99. The van der Waals surface area contributed by atoms with Crippen molar-refractivity contribution in [2.45, 2.75) is 0 Å². The van der Waals surface area contributed by atoms with Crippen LogP contribution in [0.5, 0.6) is 5.75 Å². The monoisotopic (exact) mass is 378 g/mol. The molecule has 0 unspecified atom stereocenters. The van der Waals surface area contributed by atoms with Gasteiger partial charge in [-0.1, -0.05) is 48.5 Å². The van der Waals surface area contributed by atoms with E-state index in [1.807, 2.05) is 6.07 Å². The van der Waals surface area contributed by atoms with Crippen molar-refractivity contribution in [1.29, 1.82) is 0 Å². The number of amides is 1. The number of para-hydroxylation sites is 2. The summed E-state index contributed by atoms with van der Waals surface area (Å²) in [5.74, 6) is -0.0986. The zero-order valence-electron chi connectivity index (χ0n) is 14.0. The molecule has 0 radical (unpaired) electrons. The molecule has 0 bridgehead atoms. The van der Waals surface area contributed by atoms with Crippen LogP contribution >= 0.6 is 0 Å². The van der Waals surface area contributed by atoms with Gasteiger partial charge in [0.2, 0.25) is 0 Å². The number of rotatable bonds is 3. The molecule has 1 amide bonds. The van der Waals surface area contributed by atoms with Crippen molar-refractivity contribution in [1.82, 2.24) is 0 Å². The van der Waals surface area contributed by atoms with Crippen LogP contribution in [0.1, 0.15) is 21.5 Å². The molecule has 0 aliphatic carbocycles. The molecule has 0 aromatic heterocycles. The highest BCUT2D eigenvalue weighted by Gasteiger charge is 2.27. The molecule has 1 aliphatic heterocycles. The molecule has 6 nitrogen and oxygen atoms in total. The second kappa shape index (κ2) is 6.69. The fourth-order valence-electron chi connectivity index (χ4n) is 2.80. The molecule has 3 aromatic rings. The predicted molar refractivity (Wildman–Crippen MR) is 102 cm³/mol. The summed E-state index contributed by atoms with van der Waals surface area (Å²) in [6.07, 6.45) is 0. The van der Waals surface area contributed by atoms with Crippen molar-refractivity contribution in [3.8, 4) is 5.75 Å². The summed E-state index contributed by atoms with van der Waals surface area (Å²) < 4.78 is 32.9. The number of carbonyl (C=O) groups is 1. The first kappa shape index (κ1) is 17.0. The van der Waals surface area contributed by atoms with Crippen LogP contribution in [0.2, 0.25) is 0 Å². The van der Waals surface area contributed by atoms with Crippen LogP contribution in [0.15, 0.2) is 83.3 Å². The zero-order valence-corrected chi connectivity index (χ0v) is 14.8. The predicted octanol–water partition coefficient (Wildman–Crippen LogP) is 3.41. The van der Waals surface area contributed by atoms with E-state index in [0.29, 0.717) is 22.4 Å². The van der Waals surface area contributed by atoms with Gasteiger partial charge in [0.25, 0.3) is 5.91 Å². The third-order valence-electron chi connectivity index (χ3n) is 4.01. The summed E-state index contributed by atoms with van der Waals surface area (Å²) in [7, 11) is -4.12. The molecule has 27 heavy (non-hydrogen) atoms. The van der Waals surface area contributed by atoms with Crippen LogP contribution in [0.4, 0.5) is 5.69 Å². The smallest absolute Gasteiger partial charge is 0.365 e. The first-order valence-electron chi connectivity index (χ1n) is 8.13. The van der Waals surface area contributed by atoms with Crippen LogP contribution < -0.4 is 9.50 Å². The fourth-order valence-corrected chi connectivity index (χ4v) is 3.63. The largest absolute Gasteiger partial charge is 0.429 e. The van der Waals surface area contributed by atoms with Gasteiger partial charge in [0.15, 0.2) is 5.75 Å². The molecule has 0 saturated carbocycles. The van der Waals surface area contributed by atoms with E-state index in [4.69, 9.17) is 4.18 Å². The van der Waals surface area contributed by atoms with E-state index in [0.717, 1.165) is 0 Å². The zero-order chi connectivity index (χ0) is 18.9. The van der Waals surface area contributed by atoms with Crippen molar-refractivity contribution in [3.63, 3.8) is 0 Å². The summed E-state index contributed by atoms with van der Waals surface area (Å²) in [5, 5.41) is 2.83. The highest BCUT2D eigenvalue weighted by Crippen LogP contribution is 2.31. The maximum atomic E-state index is 12.5. The maximum absolute atomic E-state index is 12.5. The van der Waals surface area contributed by atoms with Crippen LogP contribution in [0.3, 0.4) is 0 Å². The third kappa shape index (κ3) is 3.45. The molecule has 7 heteroatoms. The first-order valence-corrected chi connectivity index (χ1v) is 9.49. The van der Waals surface area contributed by atoms with Crippen molar-refractivity contribution in [3.05, 3.63) is 95.6 Å². The first-order chi connectivity index (χ1) is 13.0. The SMILES string of the molecule is O=C(Nc1ccccc1C1=NS(=O)(=O)Oc2ccccc21)c1ccccc1. The van der Waals surface area contributed by atoms with Crippen molar-refractivity contribution >= 4 is 27.6 Å². The molecule has 1 aliphatic rings. The molecule has 134 valence electrons. The molecule has 0 spiro atoms. The maximum Gasteiger partial charge on any atom is 0.429 e. The van der Waals surface area contributed by atoms with Crippen molar-refractivity contribution in [2.24, 2.45) is 4.40 Å². The van der Waals surface area contributed by atoms with Gasteiger partial charge in [-0.3, -0.25) is 4.79 Å². The Balaban J connectivity index is 1.79. The van der Waals surface area contributed by atoms with E-state index < -0.39 is 10.3 Å². The van der Waals surface area contributed by atoms with Crippen molar-refractivity contribution < 1.29 is 17.4 Å². The molecular formula is C20H14N2O4S. The molecule has 4 rings (SSSR count). The molecule has 3 aromatic carbocycles. The number of fused-ring (bicyclic) bond motifs is 1. The Morgan fingerprint density at radius 1 is 0.815 bits per heavy atom. The standard InChI is InChI=1S/C20H14N2O4S/c23-20(14-8-2-1-3-9-14)21-17-12-6-4-10-15(17)19-16-11-5-7-13-18(16)26-27(24,25)22-19/h1-13H,(H,21,23). The van der Waals surface area contributed by atoms with Gasteiger partial charge in [0.05, 0.1) is 5.69 Å². The lowest BCUT2D eigenvalue weighted by molar-refractivity contribution is 0.102. The molecule has 1 heterocycles. The Morgan fingerprint density at radius 2 is 1.44 bits per heavy atom. The second-order valence-corrected chi connectivity index (χ2v) is 7.02. The Morgan fingerprint density at radius 3 is 2.22 bits per heavy atom. The minimum absolute atomic E-state index is 0.201. The highest BCUT2D eigenvalue weighted by atomic mass is 32.2. The van der Waals surface area contributed by atoms with E-state index in [2.05, 4.69) is 9.71 Å². The van der Waals surface area contributed by atoms with E-state index in [1.54, 1.807) is 72.8 Å². The van der Waals surface area contributed by atoms with Crippen LogP contribution in [-0.2, 0) is 10.3 Å². The number of anilines is 1. The van der Waals surface area contributed by atoms with Gasteiger partial charge >= 0.3 is 10.3 Å². The van der Waals surface area contributed by atoms with E-state index in [9.17, 15) is 13.2 Å². The number of nitrogens with one attached hydrogen (secondary N) is 1. The molecule has 1 N–H and O–H groups in total. The van der Waals surface area contributed by atoms with E-state index in [1.165, 1.54) is 0 Å². The quantitative estimate of drug-likeness (QED) is 0.757. The van der Waals surface area contributed by atoms with E-state index >= 15 is 0 Å². The normalized spacial score (nSPS) is 14.4. The summed E-state index contributed by atoms with van der Waals surface area (Å²) in [6, 6.07) is 22.4. The lowest BCUT2D eigenvalue weighted by Gasteiger charge is -2.19. The Hall–Kier alpha value is -3.45. The molecule has 0 fully saturated rings. The topological polar surface area (TPSA) is 84.8 Å². The Bertz CT molecular complexity index is 1160. The summed E-state index contributed by atoms with van der Waals surface area (Å²) in [6.45, 7) is 0. The number of hydrogen-bond acceptors (Lipinski definition) is 4. The second-order valence-electron chi connectivity index (χ2n) is 5.81. The minimum atomic E-state index is -4.12. The highest BCUT2D eigenvalue weighted by molar-refractivity contribution is 7.86. The van der Waals surface area contributed by atoms with Crippen molar-refractivity contribution in [2.75, 3.05) is 5.32 Å². The summed E-state index contributed by atoms with van der Waals surface area (Å²) >= 11 is 0. The molecular weight excluding hydrogens is 364 g/mol. The van der Waals surface area contributed by atoms with Gasteiger partial charge in [-0.25, -0.2) is 0 Å². The van der Waals surface area contributed by atoms with E-state index in [-0.39, 0.29) is 17.4 Å². The lowest BCUT2D eigenvalue weighted by Crippen LogP contribution is -2.21. The number of hydrogen-bond donors (Lipinski definition) is 1. The van der Waals surface area contributed by atoms with Crippen LogP contribution in [0, 0.1) is 0 Å². The number of nitrogens with zero attached hydrogens (tertiary/aromatic N) is 1. The third-order valence-corrected chi connectivity index (χ3v) is 4.80. The van der Waals surface area contributed by atoms with Crippen LogP contribution in [0.25, 0.3) is 0 Å². The van der Waals surface area contributed by atoms with Gasteiger partial charge in [-0.2, -0.15) is 8.42 Å².